The van der Waals surface area contributed by atoms with Crippen LogP contribution in [0.2, 0.25) is 0 Å². The van der Waals surface area contributed by atoms with Crippen molar-refractivity contribution in [3.63, 3.8) is 0 Å². The van der Waals surface area contributed by atoms with E-state index in [1.54, 1.807) is 0 Å². The van der Waals surface area contributed by atoms with Crippen LogP contribution in [0.4, 0.5) is 0 Å². The SMILES string of the molecule is Cc1cc(C)c([O][AlH][O]c2c(C)cc(C)cc2C=N)c(C=N)c1. The second kappa shape index (κ2) is 7.45. The van der Waals surface area contributed by atoms with Crippen LogP contribution in [0.1, 0.15) is 33.4 Å². The first-order valence-corrected chi connectivity index (χ1v) is 8.60. The molecule has 0 unspecified atom stereocenters. The van der Waals surface area contributed by atoms with Crippen LogP contribution < -0.4 is 7.58 Å². The number of benzene rings is 2. The topological polar surface area (TPSA) is 66.2 Å². The third-order valence-electron chi connectivity index (χ3n) is 3.61. The molecule has 5 heteroatoms. The third-order valence-corrected chi connectivity index (χ3v) is 4.43. The van der Waals surface area contributed by atoms with Gasteiger partial charge < -0.3 is 18.4 Å². The van der Waals surface area contributed by atoms with Crippen molar-refractivity contribution in [1.29, 1.82) is 10.8 Å². The van der Waals surface area contributed by atoms with Crippen molar-refractivity contribution in [2.75, 3.05) is 0 Å². The molecule has 2 rings (SSSR count). The maximum Gasteiger partial charge on any atom is 0.832 e. The average molecular weight is 324 g/mol. The first-order chi connectivity index (χ1) is 11.0. The van der Waals surface area contributed by atoms with E-state index in [1.165, 1.54) is 12.4 Å². The van der Waals surface area contributed by atoms with Gasteiger partial charge in [0.2, 0.25) is 0 Å². The molecule has 0 aliphatic carbocycles. The monoisotopic (exact) mass is 324 g/mol. The number of aryl methyl sites for hydroxylation is 4. The minimum absolute atomic E-state index is 0.721. The van der Waals surface area contributed by atoms with Gasteiger partial charge in [0.1, 0.15) is 0 Å². The van der Waals surface area contributed by atoms with Crippen molar-refractivity contribution in [2.45, 2.75) is 27.7 Å². The highest BCUT2D eigenvalue weighted by Crippen LogP contribution is 2.26. The molecule has 2 aromatic rings. The highest BCUT2D eigenvalue weighted by atomic mass is 27.2. The summed E-state index contributed by atoms with van der Waals surface area (Å²) in [5, 5.41) is 15.1. The summed E-state index contributed by atoms with van der Waals surface area (Å²) in [5.41, 5.74) is 5.77. The Hall–Kier alpha value is -2.09. The fourth-order valence-corrected chi connectivity index (χ4v) is 3.81. The van der Waals surface area contributed by atoms with E-state index in [0.717, 1.165) is 44.9 Å². The largest absolute Gasteiger partial charge is 0.832 e. The molecule has 2 aromatic carbocycles. The Morgan fingerprint density at radius 2 is 1.13 bits per heavy atom. The summed E-state index contributed by atoms with van der Waals surface area (Å²) in [7, 11) is 0. The van der Waals surface area contributed by atoms with Gasteiger partial charge in [0.15, 0.2) is 0 Å². The van der Waals surface area contributed by atoms with Crippen LogP contribution >= 0.6 is 0 Å². The Labute approximate surface area is 143 Å². The Morgan fingerprint density at radius 3 is 1.48 bits per heavy atom. The van der Waals surface area contributed by atoms with E-state index in [4.69, 9.17) is 18.4 Å². The molecule has 0 spiro atoms. The smallest absolute Gasteiger partial charge is 0.614 e. The van der Waals surface area contributed by atoms with E-state index in [1.807, 2.05) is 52.0 Å². The predicted octanol–water partition coefficient (Wildman–Crippen LogP) is 3.64. The molecular weight excluding hydrogens is 303 g/mol. The zero-order valence-corrected chi connectivity index (χ0v) is 15.4. The second-order valence-corrected chi connectivity index (χ2v) is 6.51. The fourth-order valence-electron chi connectivity index (χ4n) is 2.73. The quantitative estimate of drug-likeness (QED) is 0.629. The molecule has 4 nitrogen and oxygen atoms in total. The van der Waals surface area contributed by atoms with E-state index >= 15 is 0 Å². The molecule has 118 valence electrons. The maximum absolute atomic E-state index is 7.54. The lowest BCUT2D eigenvalue weighted by atomic mass is 10.1. The van der Waals surface area contributed by atoms with Crippen LogP contribution in [-0.4, -0.2) is 28.3 Å². The van der Waals surface area contributed by atoms with Crippen molar-refractivity contribution in [1.82, 2.24) is 0 Å². The minimum Gasteiger partial charge on any atom is -0.614 e. The van der Waals surface area contributed by atoms with Crippen LogP contribution in [0.5, 0.6) is 11.5 Å². The molecule has 0 fully saturated rings. The lowest BCUT2D eigenvalue weighted by Gasteiger charge is -2.17. The van der Waals surface area contributed by atoms with Gasteiger partial charge in [-0.3, -0.25) is 0 Å². The molecule has 0 aliphatic rings. The van der Waals surface area contributed by atoms with Crippen LogP contribution in [0, 0.1) is 38.5 Å². The van der Waals surface area contributed by atoms with Gasteiger partial charge in [0.05, 0.1) is 11.5 Å². The molecule has 0 saturated heterocycles. The molecular formula is C18H21AlN2O2. The highest BCUT2D eigenvalue weighted by Gasteiger charge is 2.13. The summed E-state index contributed by atoms with van der Waals surface area (Å²) >= 11 is -1.32. The summed E-state index contributed by atoms with van der Waals surface area (Å²) in [5.74, 6) is 1.44. The van der Waals surface area contributed by atoms with Gasteiger partial charge in [0, 0.05) is 23.6 Å². The van der Waals surface area contributed by atoms with Gasteiger partial charge in [-0.25, -0.2) is 0 Å². The van der Waals surface area contributed by atoms with E-state index in [0.29, 0.717) is 0 Å². The van der Waals surface area contributed by atoms with E-state index < -0.39 is 15.9 Å². The van der Waals surface area contributed by atoms with Crippen molar-refractivity contribution in [3.8, 4) is 11.5 Å². The Morgan fingerprint density at radius 1 is 0.739 bits per heavy atom. The normalized spacial score (nSPS) is 10.1. The van der Waals surface area contributed by atoms with Gasteiger partial charge in [-0.15, -0.1) is 0 Å². The molecule has 0 amide bonds. The van der Waals surface area contributed by atoms with Crippen LogP contribution in [0.15, 0.2) is 24.3 Å². The van der Waals surface area contributed by atoms with Crippen molar-refractivity contribution in [2.24, 2.45) is 0 Å². The summed E-state index contributed by atoms with van der Waals surface area (Å²) in [6, 6.07) is 7.95. The molecule has 0 atom stereocenters. The first-order valence-electron chi connectivity index (χ1n) is 7.45. The maximum atomic E-state index is 7.54. The number of nitrogens with one attached hydrogen (secondary N) is 2. The summed E-state index contributed by atoms with van der Waals surface area (Å²) < 4.78 is 11.8. The lowest BCUT2D eigenvalue weighted by molar-refractivity contribution is 0.454. The highest BCUT2D eigenvalue weighted by molar-refractivity contribution is 6.21. The number of hydrogen-bond acceptors (Lipinski definition) is 4. The molecule has 0 aliphatic heterocycles. The minimum atomic E-state index is -1.32. The van der Waals surface area contributed by atoms with E-state index in [9.17, 15) is 0 Å². The number of rotatable bonds is 6. The van der Waals surface area contributed by atoms with Crippen LogP contribution in [0.25, 0.3) is 0 Å². The second-order valence-electron chi connectivity index (χ2n) is 5.70. The summed E-state index contributed by atoms with van der Waals surface area (Å²) in [6.07, 6.45) is 2.62. The Kier molecular flexibility index (Phi) is 5.60. The first kappa shape index (κ1) is 17.3. The summed E-state index contributed by atoms with van der Waals surface area (Å²) in [6.45, 7) is 7.96. The zero-order valence-electron chi connectivity index (χ0n) is 14.0. The Balaban J connectivity index is 2.18. The van der Waals surface area contributed by atoms with Crippen molar-refractivity contribution >= 4 is 28.3 Å². The zero-order chi connectivity index (χ0) is 17.0. The molecule has 0 bridgehead atoms. The van der Waals surface area contributed by atoms with Crippen LogP contribution in [-0.2, 0) is 0 Å². The van der Waals surface area contributed by atoms with Crippen molar-refractivity contribution < 1.29 is 7.58 Å². The van der Waals surface area contributed by atoms with Gasteiger partial charge in [0.25, 0.3) is 0 Å². The fraction of sp³-hybridized carbons (Fsp3) is 0.222. The molecule has 0 saturated carbocycles. The van der Waals surface area contributed by atoms with Gasteiger partial charge in [-0.05, 0) is 62.1 Å². The molecule has 0 radical (unpaired) electrons. The summed E-state index contributed by atoms with van der Waals surface area (Å²) in [4.78, 5) is 0. The Bertz CT molecular complexity index is 694. The number of hydrogen-bond donors (Lipinski definition) is 2. The molecule has 0 aromatic heterocycles. The molecule has 2 N–H and O–H groups in total. The van der Waals surface area contributed by atoms with Crippen molar-refractivity contribution in [3.05, 3.63) is 57.6 Å². The van der Waals surface area contributed by atoms with Gasteiger partial charge >= 0.3 is 15.9 Å². The average Bonchev–Trinajstić information content (AvgIpc) is 2.50. The predicted molar refractivity (Wildman–Crippen MR) is 96.0 cm³/mol. The molecule has 23 heavy (non-hydrogen) atoms. The van der Waals surface area contributed by atoms with E-state index in [-0.39, 0.29) is 0 Å². The lowest BCUT2D eigenvalue weighted by Crippen LogP contribution is -2.14. The van der Waals surface area contributed by atoms with Gasteiger partial charge in [-0.1, -0.05) is 12.1 Å². The third kappa shape index (κ3) is 4.01. The van der Waals surface area contributed by atoms with E-state index in [2.05, 4.69) is 0 Å². The molecule has 0 heterocycles. The van der Waals surface area contributed by atoms with Gasteiger partial charge in [-0.2, -0.15) is 0 Å². The standard InChI is InChI=1S/2C9H11NO.Al.H/c2*1-6-3-7(2)9(11)8(4-6)5-10;;/h2*3-5,10-11H,1-2H3;;/q;;+2;/p-2. The van der Waals surface area contributed by atoms with Crippen LogP contribution in [0.3, 0.4) is 0 Å².